The number of morpholine rings is 1. The average Bonchev–Trinajstić information content (AvgIpc) is 2.67. The number of nitro groups is 1. The molecule has 4 rings (SSSR count). The molecule has 0 radical (unpaired) electrons. The van der Waals surface area contributed by atoms with Crippen LogP contribution in [0, 0.1) is 16.0 Å². The fourth-order valence-electron chi connectivity index (χ4n) is 5.26. The van der Waals surface area contributed by atoms with Crippen LogP contribution in [0.2, 0.25) is 0 Å². The highest BCUT2D eigenvalue weighted by Gasteiger charge is 2.59. The zero-order valence-corrected chi connectivity index (χ0v) is 15.2. The molecule has 26 heavy (non-hydrogen) atoms. The molecule has 2 heterocycles. The first-order valence-corrected chi connectivity index (χ1v) is 9.56. The Morgan fingerprint density at radius 3 is 2.88 bits per heavy atom. The van der Waals surface area contributed by atoms with Crippen LogP contribution in [0.3, 0.4) is 0 Å². The quantitative estimate of drug-likeness (QED) is 0.644. The number of methoxy groups -OCH3 is 1. The molecule has 0 unspecified atom stereocenters. The Morgan fingerprint density at radius 1 is 1.35 bits per heavy atom. The van der Waals surface area contributed by atoms with Crippen molar-refractivity contribution >= 4 is 0 Å². The van der Waals surface area contributed by atoms with Gasteiger partial charge in [0.15, 0.2) is 11.5 Å². The number of fused-ring (bicyclic) bond motifs is 2. The number of hydrogen-bond donors (Lipinski definition) is 1. The molecule has 0 bridgehead atoms. The van der Waals surface area contributed by atoms with E-state index in [2.05, 4.69) is 0 Å². The summed E-state index contributed by atoms with van der Waals surface area (Å²) in [4.78, 5) is 12.7. The zero-order chi connectivity index (χ0) is 18.1. The van der Waals surface area contributed by atoms with Gasteiger partial charge in [-0.25, -0.2) is 0 Å². The number of benzene rings is 1. The van der Waals surface area contributed by atoms with E-state index in [0.717, 1.165) is 44.3 Å². The molecule has 3 atom stereocenters. The molecule has 0 spiro atoms. The summed E-state index contributed by atoms with van der Waals surface area (Å²) in [5.74, 6) is 1.39. The zero-order valence-electron chi connectivity index (χ0n) is 15.2. The van der Waals surface area contributed by atoms with Gasteiger partial charge in [0.05, 0.1) is 32.2 Å². The monoisotopic (exact) mass is 363 g/mol. The number of quaternary nitrogens is 1. The average molecular weight is 363 g/mol. The number of para-hydroxylation sites is 1. The lowest BCUT2D eigenvalue weighted by atomic mass is 9.68. The molecule has 3 aliphatic rings. The Bertz CT molecular complexity index is 676. The lowest BCUT2D eigenvalue weighted by Gasteiger charge is -2.53. The highest BCUT2D eigenvalue weighted by Crippen LogP contribution is 2.52. The second-order valence-electron chi connectivity index (χ2n) is 7.56. The maximum atomic E-state index is 11.5. The fraction of sp³-hybridized carbons (Fsp3) is 0.684. The molecule has 1 aromatic rings. The Morgan fingerprint density at radius 2 is 2.15 bits per heavy atom. The van der Waals surface area contributed by atoms with Crippen molar-refractivity contribution < 1.29 is 24.0 Å². The predicted molar refractivity (Wildman–Crippen MR) is 94.4 cm³/mol. The van der Waals surface area contributed by atoms with E-state index in [1.165, 1.54) is 4.90 Å². The number of nitrogens with one attached hydrogen (secondary N) is 1. The standard InChI is InChI=1S/C19H26N2O5/c1-24-17-7-4-5-14-15(13-21(22)23)16-6-2-3-8-19(16,26-18(14)17)20-9-11-25-12-10-20/h4-5,7,15-16H,2-3,6,8-13H2,1H3/p+1/t15-,16+,19+/m1/s1. The first-order chi connectivity index (χ1) is 12.7. The summed E-state index contributed by atoms with van der Waals surface area (Å²) in [5, 5.41) is 11.5. The molecule has 142 valence electrons. The summed E-state index contributed by atoms with van der Waals surface area (Å²) in [6.45, 7) is 3.13. The van der Waals surface area contributed by atoms with Gasteiger partial charge in [0.1, 0.15) is 13.1 Å². The molecule has 1 saturated carbocycles. The molecule has 0 aromatic heterocycles. The minimum Gasteiger partial charge on any atom is -0.493 e. The van der Waals surface area contributed by atoms with E-state index < -0.39 is 5.72 Å². The normalized spacial score (nSPS) is 31.4. The molecule has 1 aromatic carbocycles. The second-order valence-corrected chi connectivity index (χ2v) is 7.56. The van der Waals surface area contributed by atoms with Gasteiger partial charge in [0, 0.05) is 16.9 Å². The van der Waals surface area contributed by atoms with Gasteiger partial charge in [-0.1, -0.05) is 18.6 Å². The van der Waals surface area contributed by atoms with Crippen LogP contribution < -0.4 is 14.4 Å². The number of rotatable bonds is 4. The number of ether oxygens (including phenoxy) is 3. The van der Waals surface area contributed by atoms with Crippen LogP contribution >= 0.6 is 0 Å². The third-order valence-corrected chi connectivity index (χ3v) is 6.35. The van der Waals surface area contributed by atoms with E-state index in [0.29, 0.717) is 24.7 Å². The maximum absolute atomic E-state index is 11.5. The van der Waals surface area contributed by atoms with Crippen molar-refractivity contribution in [2.75, 3.05) is 40.0 Å². The fourth-order valence-corrected chi connectivity index (χ4v) is 5.26. The van der Waals surface area contributed by atoms with Crippen LogP contribution in [-0.4, -0.2) is 50.6 Å². The molecule has 7 nitrogen and oxygen atoms in total. The third kappa shape index (κ3) is 2.83. The molecular weight excluding hydrogens is 336 g/mol. The summed E-state index contributed by atoms with van der Waals surface area (Å²) in [6, 6.07) is 5.76. The topological polar surface area (TPSA) is 75.3 Å². The van der Waals surface area contributed by atoms with Gasteiger partial charge in [0.25, 0.3) is 0 Å². The second kappa shape index (κ2) is 7.04. The Labute approximate surface area is 153 Å². The number of hydrogen-bond acceptors (Lipinski definition) is 5. The largest absolute Gasteiger partial charge is 0.493 e. The first-order valence-electron chi connectivity index (χ1n) is 9.56. The lowest BCUT2D eigenvalue weighted by molar-refractivity contribution is -0.988. The van der Waals surface area contributed by atoms with E-state index in [1.807, 2.05) is 18.2 Å². The van der Waals surface area contributed by atoms with E-state index in [1.54, 1.807) is 7.11 Å². The van der Waals surface area contributed by atoms with E-state index in [4.69, 9.17) is 14.2 Å². The first kappa shape index (κ1) is 17.5. The van der Waals surface area contributed by atoms with Crippen molar-refractivity contribution in [2.24, 2.45) is 5.92 Å². The molecule has 2 aliphatic heterocycles. The summed E-state index contributed by atoms with van der Waals surface area (Å²) in [6.07, 6.45) is 4.10. The van der Waals surface area contributed by atoms with E-state index >= 15 is 0 Å². The summed E-state index contributed by atoms with van der Waals surface area (Å²) in [7, 11) is 1.63. The Balaban J connectivity index is 1.83. The van der Waals surface area contributed by atoms with Crippen LogP contribution in [0.15, 0.2) is 18.2 Å². The molecular formula is C19H27N2O5+. The highest BCUT2D eigenvalue weighted by atomic mass is 16.6. The van der Waals surface area contributed by atoms with E-state index in [9.17, 15) is 10.1 Å². The van der Waals surface area contributed by atoms with Gasteiger partial charge in [-0.3, -0.25) is 15.0 Å². The van der Waals surface area contributed by atoms with Crippen molar-refractivity contribution in [2.45, 2.75) is 37.3 Å². The van der Waals surface area contributed by atoms with Crippen LogP contribution in [-0.2, 0) is 4.74 Å². The van der Waals surface area contributed by atoms with Crippen LogP contribution in [0.4, 0.5) is 0 Å². The summed E-state index contributed by atoms with van der Waals surface area (Å²) in [5.41, 5.74) is 0.515. The minimum absolute atomic E-state index is 0.0558. The van der Waals surface area contributed by atoms with Gasteiger partial charge in [0.2, 0.25) is 12.3 Å². The Hall–Kier alpha value is -1.86. The molecule has 7 heteroatoms. The molecule has 0 amide bonds. The minimum atomic E-state index is -0.412. The molecule has 1 saturated heterocycles. The van der Waals surface area contributed by atoms with Crippen molar-refractivity contribution in [1.82, 2.24) is 0 Å². The molecule has 1 aliphatic carbocycles. The van der Waals surface area contributed by atoms with Gasteiger partial charge in [-0.2, -0.15) is 0 Å². The third-order valence-electron chi connectivity index (χ3n) is 6.35. The van der Waals surface area contributed by atoms with Crippen molar-refractivity contribution in [3.05, 3.63) is 33.9 Å². The summed E-state index contributed by atoms with van der Waals surface area (Å²) < 4.78 is 17.9. The van der Waals surface area contributed by atoms with Crippen LogP contribution in [0.1, 0.15) is 37.2 Å². The van der Waals surface area contributed by atoms with Crippen molar-refractivity contribution in [3.8, 4) is 11.5 Å². The molecule has 2 fully saturated rings. The number of nitrogens with zero attached hydrogens (tertiary/aromatic N) is 1. The van der Waals surface area contributed by atoms with Gasteiger partial charge in [-0.05, 0) is 18.9 Å². The lowest BCUT2D eigenvalue weighted by Crippen LogP contribution is -3.24. The SMILES string of the molecule is COc1cccc2c1O[C@@]1([NH+]3CCOCC3)CCCC[C@H]1[C@@H]2C[N+](=O)[O-]. The predicted octanol–water partition coefficient (Wildman–Crippen LogP) is 1.25. The van der Waals surface area contributed by atoms with Gasteiger partial charge in [-0.15, -0.1) is 0 Å². The van der Waals surface area contributed by atoms with E-state index in [-0.39, 0.29) is 23.3 Å². The highest BCUT2D eigenvalue weighted by molar-refractivity contribution is 5.50. The summed E-state index contributed by atoms with van der Waals surface area (Å²) >= 11 is 0. The Kier molecular flexibility index (Phi) is 4.75. The van der Waals surface area contributed by atoms with Crippen molar-refractivity contribution in [1.29, 1.82) is 0 Å². The molecule has 1 N–H and O–H groups in total. The van der Waals surface area contributed by atoms with Crippen molar-refractivity contribution in [3.63, 3.8) is 0 Å². The smallest absolute Gasteiger partial charge is 0.245 e. The maximum Gasteiger partial charge on any atom is 0.245 e. The van der Waals surface area contributed by atoms with Crippen LogP contribution in [0.5, 0.6) is 11.5 Å². The van der Waals surface area contributed by atoms with Crippen LogP contribution in [0.25, 0.3) is 0 Å². The van der Waals surface area contributed by atoms with Gasteiger partial charge < -0.3 is 14.2 Å². The van der Waals surface area contributed by atoms with Gasteiger partial charge >= 0.3 is 0 Å².